The summed E-state index contributed by atoms with van der Waals surface area (Å²) in [5.74, 6) is 0. The summed E-state index contributed by atoms with van der Waals surface area (Å²) in [6, 6.07) is -2.78. The van der Waals surface area contributed by atoms with Gasteiger partial charge in [0.2, 0.25) is 0 Å². The molecular formula is C24H49N7O9. The summed E-state index contributed by atoms with van der Waals surface area (Å²) in [6.45, 7) is -0.101. The molecule has 0 radical (unpaired) electrons. The highest BCUT2D eigenvalue weighted by Gasteiger charge is 2.53. The smallest absolute Gasteiger partial charge is 0.189 e. The molecule has 0 bridgehead atoms. The van der Waals surface area contributed by atoms with Gasteiger partial charge in [-0.2, -0.15) is 0 Å². The summed E-state index contributed by atoms with van der Waals surface area (Å²) in [4.78, 5) is 0. The molecule has 10 unspecified atom stereocenters. The molecule has 0 amide bonds. The zero-order valence-electron chi connectivity index (χ0n) is 22.9. The number of likely N-dealkylation sites (N-methyl/N-ethyl adjacent to an activating group) is 1. The fraction of sp³-hybridized carbons (Fsp3) is 1.00. The van der Waals surface area contributed by atoms with Gasteiger partial charge >= 0.3 is 0 Å². The molecule has 3 saturated heterocycles. The van der Waals surface area contributed by atoms with Gasteiger partial charge in [-0.3, -0.25) is 0 Å². The highest BCUT2D eigenvalue weighted by Crippen LogP contribution is 2.35. The van der Waals surface area contributed by atoms with Gasteiger partial charge in [-0.05, 0) is 32.7 Å². The van der Waals surface area contributed by atoms with Gasteiger partial charge < -0.3 is 83.4 Å². The Hall–Kier alpha value is -0.640. The van der Waals surface area contributed by atoms with E-state index in [1.807, 2.05) is 0 Å². The fourth-order valence-electron chi connectivity index (χ4n) is 6.06. The molecule has 4 rings (SSSR count). The number of aliphatic hydroxyl groups is 4. The van der Waals surface area contributed by atoms with Crippen LogP contribution >= 0.6 is 0 Å². The fourth-order valence-corrected chi connectivity index (χ4v) is 6.06. The maximum Gasteiger partial charge on any atom is 0.189 e. The Morgan fingerprint density at radius 2 is 1.55 bits per heavy atom. The van der Waals surface area contributed by atoms with Crippen molar-refractivity contribution in [1.82, 2.24) is 10.6 Å². The van der Waals surface area contributed by atoms with Crippen LogP contribution < -0.4 is 39.3 Å². The number of nitrogens with two attached hydrogens (primary N) is 5. The van der Waals surface area contributed by atoms with Crippen LogP contribution in [0.2, 0.25) is 0 Å². The highest BCUT2D eigenvalue weighted by atomic mass is 16.8. The number of rotatable bonds is 10. The number of nitrogens with one attached hydrogen (secondary N) is 2. The van der Waals surface area contributed by atoms with Crippen LogP contribution in [0.1, 0.15) is 25.7 Å². The lowest BCUT2D eigenvalue weighted by atomic mass is 9.88. The first-order chi connectivity index (χ1) is 19.1. The zero-order chi connectivity index (χ0) is 29.1. The number of hydrogen-bond acceptors (Lipinski definition) is 16. The van der Waals surface area contributed by atoms with E-state index in [0.717, 1.165) is 6.42 Å². The minimum absolute atomic E-state index is 0.0402. The van der Waals surface area contributed by atoms with Crippen LogP contribution in [0.25, 0.3) is 0 Å². The quantitative estimate of drug-likeness (QED) is 0.115. The molecule has 40 heavy (non-hydrogen) atoms. The van der Waals surface area contributed by atoms with Crippen LogP contribution in [0.15, 0.2) is 0 Å². The van der Waals surface area contributed by atoms with Crippen LogP contribution in [0.5, 0.6) is 0 Å². The van der Waals surface area contributed by atoms with Gasteiger partial charge in [-0.15, -0.1) is 0 Å². The van der Waals surface area contributed by atoms with Crippen molar-refractivity contribution in [3.8, 4) is 0 Å². The summed E-state index contributed by atoms with van der Waals surface area (Å²) in [5, 5.41) is 48.9. The lowest BCUT2D eigenvalue weighted by Crippen LogP contribution is -2.70. The van der Waals surface area contributed by atoms with Gasteiger partial charge in [-0.25, -0.2) is 0 Å². The third-order valence-corrected chi connectivity index (χ3v) is 8.49. The molecule has 0 spiro atoms. The lowest BCUT2D eigenvalue weighted by molar-refractivity contribution is -0.372. The van der Waals surface area contributed by atoms with E-state index in [1.165, 1.54) is 0 Å². The van der Waals surface area contributed by atoms with Crippen LogP contribution in [0.3, 0.4) is 0 Å². The standard InChI is InChI=1S/C24H49N7O9/c1-30-17-19(34)21-14(5-12(29)22(39-21)36-13-3-2-9(27)4-11(13)28)37-23(17)40-24-20(35)18(33)16(15(8-32)38-24)31-10(6-25)7-26/h9-24,30-35H,2-8,25-29H2,1H3/t9?,11?,12?,13-,14-,15?,16+,17?,18?,19?,20?,21?,22-,23?,24+/m0/s1. The normalized spacial score (nSPS) is 48.2. The summed E-state index contributed by atoms with van der Waals surface area (Å²) in [7, 11) is 1.62. The van der Waals surface area contributed by atoms with E-state index in [0.29, 0.717) is 19.3 Å². The summed E-state index contributed by atoms with van der Waals surface area (Å²) in [6.07, 6.45) is -7.50. The first kappa shape index (κ1) is 32.3. The first-order valence-electron chi connectivity index (χ1n) is 14.1. The van der Waals surface area contributed by atoms with Crippen molar-refractivity contribution in [2.45, 2.75) is 124 Å². The Kier molecular flexibility index (Phi) is 11.5. The topological polar surface area (TPSA) is 281 Å². The van der Waals surface area contributed by atoms with E-state index in [4.69, 9.17) is 52.4 Å². The van der Waals surface area contributed by atoms with Gasteiger partial charge in [0.05, 0.1) is 36.9 Å². The van der Waals surface area contributed by atoms with E-state index in [1.54, 1.807) is 7.05 Å². The largest absolute Gasteiger partial charge is 0.394 e. The molecule has 234 valence electrons. The van der Waals surface area contributed by atoms with Crippen molar-refractivity contribution in [3.05, 3.63) is 0 Å². The molecule has 3 aliphatic heterocycles. The van der Waals surface area contributed by atoms with E-state index in [-0.39, 0.29) is 37.3 Å². The highest BCUT2D eigenvalue weighted by molar-refractivity contribution is 5.00. The van der Waals surface area contributed by atoms with Crippen molar-refractivity contribution in [1.29, 1.82) is 0 Å². The Balaban J connectivity index is 1.40. The molecule has 1 aliphatic carbocycles. The van der Waals surface area contributed by atoms with Crippen LogP contribution in [0.4, 0.5) is 0 Å². The predicted molar refractivity (Wildman–Crippen MR) is 141 cm³/mol. The Morgan fingerprint density at radius 1 is 0.825 bits per heavy atom. The molecule has 15 atom stereocenters. The second-order valence-electron chi connectivity index (χ2n) is 11.3. The third kappa shape index (κ3) is 6.94. The maximum atomic E-state index is 11.3. The Labute approximate surface area is 234 Å². The summed E-state index contributed by atoms with van der Waals surface area (Å²) in [5.41, 5.74) is 30.0. The molecule has 0 aromatic heterocycles. The molecule has 16 N–H and O–H groups in total. The predicted octanol–water partition coefficient (Wildman–Crippen LogP) is -5.97. The second kappa shape index (κ2) is 14.2. The third-order valence-electron chi connectivity index (χ3n) is 8.49. The van der Waals surface area contributed by atoms with Crippen LogP contribution in [-0.2, 0) is 23.7 Å². The van der Waals surface area contributed by atoms with Crippen molar-refractivity contribution in [2.24, 2.45) is 28.7 Å². The molecule has 1 saturated carbocycles. The minimum Gasteiger partial charge on any atom is -0.394 e. The van der Waals surface area contributed by atoms with Crippen molar-refractivity contribution in [2.75, 3.05) is 26.7 Å². The number of fused-ring (bicyclic) bond motifs is 1. The first-order valence-corrected chi connectivity index (χ1v) is 14.1. The lowest BCUT2D eigenvalue weighted by Gasteiger charge is -2.51. The van der Waals surface area contributed by atoms with E-state index in [9.17, 15) is 20.4 Å². The second-order valence-corrected chi connectivity index (χ2v) is 11.3. The zero-order valence-corrected chi connectivity index (χ0v) is 22.9. The van der Waals surface area contributed by atoms with Gasteiger partial charge in [0.15, 0.2) is 18.9 Å². The molecule has 16 heteroatoms. The molecule has 0 aromatic carbocycles. The maximum absolute atomic E-state index is 11.3. The molecular weight excluding hydrogens is 530 g/mol. The average Bonchev–Trinajstić information content (AvgIpc) is 2.93. The summed E-state index contributed by atoms with van der Waals surface area (Å²) < 4.78 is 30.2. The van der Waals surface area contributed by atoms with Crippen LogP contribution in [-0.4, -0.2) is 145 Å². The molecule has 0 aromatic rings. The molecule has 4 fully saturated rings. The van der Waals surface area contributed by atoms with E-state index < -0.39 is 80.2 Å². The van der Waals surface area contributed by atoms with Gasteiger partial charge in [-0.1, -0.05) is 0 Å². The minimum atomic E-state index is -1.51. The Morgan fingerprint density at radius 3 is 2.17 bits per heavy atom. The number of hydrogen-bond donors (Lipinski definition) is 11. The van der Waals surface area contributed by atoms with Gasteiger partial charge in [0.1, 0.15) is 30.5 Å². The van der Waals surface area contributed by atoms with Crippen molar-refractivity contribution in [3.63, 3.8) is 0 Å². The number of ether oxygens (including phenoxy) is 5. The van der Waals surface area contributed by atoms with Crippen molar-refractivity contribution >= 4 is 0 Å². The SMILES string of the molecule is CNC1C(O[C@H]2OC(CO)[C@@H](NC(CN)CN)C(O)C2O)O[C@H]2CC(N)[C@@H](O[C@H]3CCC(N)CC3N)OC2C1O. The Bertz CT molecular complexity index is 785. The van der Waals surface area contributed by atoms with E-state index in [2.05, 4.69) is 10.6 Å². The summed E-state index contributed by atoms with van der Waals surface area (Å²) >= 11 is 0. The molecule has 3 heterocycles. The van der Waals surface area contributed by atoms with Crippen LogP contribution in [0, 0.1) is 0 Å². The van der Waals surface area contributed by atoms with Gasteiger partial charge in [0.25, 0.3) is 0 Å². The average molecular weight is 580 g/mol. The number of aliphatic hydroxyl groups excluding tert-OH is 4. The van der Waals surface area contributed by atoms with Crippen molar-refractivity contribution < 1.29 is 44.1 Å². The molecule has 16 nitrogen and oxygen atoms in total. The monoisotopic (exact) mass is 579 g/mol. The van der Waals surface area contributed by atoms with Gasteiger partial charge in [0, 0.05) is 31.2 Å². The molecule has 4 aliphatic rings. The van der Waals surface area contributed by atoms with E-state index >= 15 is 0 Å².